The van der Waals surface area contributed by atoms with Crippen molar-refractivity contribution in [2.24, 2.45) is 5.92 Å². The maximum absolute atomic E-state index is 5.74. The summed E-state index contributed by atoms with van der Waals surface area (Å²) in [6.45, 7) is 10.9. The molecule has 1 N–H and O–H groups in total. The zero-order chi connectivity index (χ0) is 14.4. The van der Waals surface area contributed by atoms with Gasteiger partial charge in [-0.05, 0) is 30.0 Å². The summed E-state index contributed by atoms with van der Waals surface area (Å²) in [5.74, 6) is 0.595. The monoisotopic (exact) mass is 274 g/mol. The predicted octanol–water partition coefficient (Wildman–Crippen LogP) is 3.42. The van der Waals surface area contributed by atoms with Crippen LogP contribution in [-0.4, -0.2) is 24.3 Å². The van der Waals surface area contributed by atoms with Gasteiger partial charge in [-0.2, -0.15) is 0 Å². The minimum atomic E-state index is 0.595. The lowest BCUT2D eigenvalue weighted by molar-refractivity contribution is 0.103. The molecule has 110 valence electrons. The van der Waals surface area contributed by atoms with Crippen LogP contribution in [0.25, 0.3) is 10.9 Å². The van der Waals surface area contributed by atoms with Crippen LogP contribution in [0.3, 0.4) is 0 Å². The number of hydrogen-bond donors (Lipinski definition) is 1. The van der Waals surface area contributed by atoms with Gasteiger partial charge in [-0.3, -0.25) is 0 Å². The zero-order valence-corrected chi connectivity index (χ0v) is 12.9. The summed E-state index contributed by atoms with van der Waals surface area (Å²) in [6, 6.07) is 10.8. The van der Waals surface area contributed by atoms with E-state index in [1.165, 1.54) is 16.6 Å². The van der Waals surface area contributed by atoms with Crippen LogP contribution in [-0.2, 0) is 17.8 Å². The smallest absolute Gasteiger partial charge is 0.0645 e. The van der Waals surface area contributed by atoms with Crippen molar-refractivity contribution in [2.45, 2.75) is 33.9 Å². The van der Waals surface area contributed by atoms with Gasteiger partial charge < -0.3 is 14.6 Å². The number of aromatic nitrogens is 1. The first kappa shape index (κ1) is 15.1. The number of hydrogen-bond acceptors (Lipinski definition) is 2. The number of ether oxygens (including phenoxy) is 1. The molecule has 1 aromatic heterocycles. The fourth-order valence-corrected chi connectivity index (χ4v) is 2.41. The zero-order valence-electron chi connectivity index (χ0n) is 12.9. The standard InChI is InChI=1S/C17H26N2O/c1-4-18-12-16-11-15-7-5-6-8-17(15)19(16)9-10-20-13-14(2)3/h5-8,11,14,18H,4,9-10,12-13H2,1-3H3. The molecule has 0 unspecified atom stereocenters. The highest BCUT2D eigenvalue weighted by molar-refractivity contribution is 5.81. The fraction of sp³-hybridized carbons (Fsp3) is 0.529. The Morgan fingerprint density at radius 3 is 2.80 bits per heavy atom. The van der Waals surface area contributed by atoms with Crippen molar-refractivity contribution in [3.8, 4) is 0 Å². The third-order valence-corrected chi connectivity index (χ3v) is 3.36. The molecule has 1 aromatic carbocycles. The van der Waals surface area contributed by atoms with Gasteiger partial charge in [0.2, 0.25) is 0 Å². The van der Waals surface area contributed by atoms with Crippen LogP contribution in [0.2, 0.25) is 0 Å². The highest BCUT2D eigenvalue weighted by atomic mass is 16.5. The van der Waals surface area contributed by atoms with Crippen molar-refractivity contribution in [1.82, 2.24) is 9.88 Å². The summed E-state index contributed by atoms with van der Waals surface area (Å²) in [6.07, 6.45) is 0. The van der Waals surface area contributed by atoms with Crippen LogP contribution >= 0.6 is 0 Å². The number of nitrogens with zero attached hydrogens (tertiary/aromatic N) is 1. The molecule has 0 saturated carbocycles. The molecule has 0 aliphatic carbocycles. The van der Waals surface area contributed by atoms with Crippen LogP contribution in [0.5, 0.6) is 0 Å². The average molecular weight is 274 g/mol. The number of fused-ring (bicyclic) bond motifs is 1. The number of para-hydroxylation sites is 1. The van der Waals surface area contributed by atoms with Crippen molar-refractivity contribution in [2.75, 3.05) is 19.8 Å². The maximum Gasteiger partial charge on any atom is 0.0645 e. The molecule has 0 atom stereocenters. The second-order valence-corrected chi connectivity index (χ2v) is 5.60. The summed E-state index contributed by atoms with van der Waals surface area (Å²) in [5, 5.41) is 4.72. The van der Waals surface area contributed by atoms with Gasteiger partial charge in [0.25, 0.3) is 0 Å². The van der Waals surface area contributed by atoms with E-state index in [0.29, 0.717) is 5.92 Å². The van der Waals surface area contributed by atoms with E-state index < -0.39 is 0 Å². The van der Waals surface area contributed by atoms with Gasteiger partial charge in [0, 0.05) is 30.9 Å². The fourth-order valence-electron chi connectivity index (χ4n) is 2.41. The van der Waals surface area contributed by atoms with E-state index in [-0.39, 0.29) is 0 Å². The summed E-state index contributed by atoms with van der Waals surface area (Å²) >= 11 is 0. The molecule has 0 aliphatic heterocycles. The van der Waals surface area contributed by atoms with Gasteiger partial charge in [0.15, 0.2) is 0 Å². The molecule has 0 radical (unpaired) electrons. The Bertz CT molecular complexity index is 531. The molecule has 0 fully saturated rings. The Morgan fingerprint density at radius 2 is 2.05 bits per heavy atom. The lowest BCUT2D eigenvalue weighted by atomic mass is 10.2. The van der Waals surface area contributed by atoms with E-state index in [1.54, 1.807) is 0 Å². The van der Waals surface area contributed by atoms with Crippen molar-refractivity contribution < 1.29 is 4.74 Å². The first-order valence-corrected chi connectivity index (χ1v) is 7.58. The van der Waals surface area contributed by atoms with Crippen molar-refractivity contribution in [3.05, 3.63) is 36.0 Å². The SMILES string of the molecule is CCNCc1cc2ccccc2n1CCOCC(C)C. The topological polar surface area (TPSA) is 26.2 Å². The molecule has 0 saturated heterocycles. The third-order valence-electron chi connectivity index (χ3n) is 3.36. The molecule has 0 spiro atoms. The Morgan fingerprint density at radius 1 is 1.25 bits per heavy atom. The highest BCUT2D eigenvalue weighted by Gasteiger charge is 2.07. The van der Waals surface area contributed by atoms with Crippen LogP contribution in [0.4, 0.5) is 0 Å². The molecular weight excluding hydrogens is 248 g/mol. The second kappa shape index (κ2) is 7.46. The summed E-state index contributed by atoms with van der Waals surface area (Å²) in [4.78, 5) is 0. The van der Waals surface area contributed by atoms with Crippen molar-refractivity contribution in [1.29, 1.82) is 0 Å². The maximum atomic E-state index is 5.74. The molecule has 2 rings (SSSR count). The molecule has 3 nitrogen and oxygen atoms in total. The van der Waals surface area contributed by atoms with E-state index in [2.05, 4.69) is 61.0 Å². The summed E-state index contributed by atoms with van der Waals surface area (Å²) in [7, 11) is 0. The largest absolute Gasteiger partial charge is 0.379 e. The number of benzene rings is 1. The van der Waals surface area contributed by atoms with Gasteiger partial charge in [-0.25, -0.2) is 0 Å². The van der Waals surface area contributed by atoms with Gasteiger partial charge in [0.1, 0.15) is 0 Å². The van der Waals surface area contributed by atoms with Gasteiger partial charge in [0.05, 0.1) is 6.61 Å². The van der Waals surface area contributed by atoms with Crippen LogP contribution in [0, 0.1) is 5.92 Å². The molecule has 1 heterocycles. The van der Waals surface area contributed by atoms with Crippen molar-refractivity contribution in [3.63, 3.8) is 0 Å². The van der Waals surface area contributed by atoms with E-state index >= 15 is 0 Å². The molecular formula is C17H26N2O. The third kappa shape index (κ3) is 3.84. The molecule has 20 heavy (non-hydrogen) atoms. The normalized spacial score (nSPS) is 11.6. The molecule has 3 heteroatoms. The highest BCUT2D eigenvalue weighted by Crippen LogP contribution is 2.19. The quantitative estimate of drug-likeness (QED) is 0.746. The Balaban J connectivity index is 2.11. The van der Waals surface area contributed by atoms with Gasteiger partial charge in [-0.1, -0.05) is 39.0 Å². The minimum absolute atomic E-state index is 0.595. The van der Waals surface area contributed by atoms with E-state index in [9.17, 15) is 0 Å². The summed E-state index contributed by atoms with van der Waals surface area (Å²) in [5.41, 5.74) is 2.63. The van der Waals surface area contributed by atoms with Gasteiger partial charge in [-0.15, -0.1) is 0 Å². The first-order chi connectivity index (χ1) is 9.72. The second-order valence-electron chi connectivity index (χ2n) is 5.60. The number of rotatable bonds is 8. The Labute approximate surface area is 121 Å². The lowest BCUT2D eigenvalue weighted by Crippen LogP contribution is -2.17. The minimum Gasteiger partial charge on any atom is -0.379 e. The Hall–Kier alpha value is -1.32. The first-order valence-electron chi connectivity index (χ1n) is 7.58. The number of nitrogens with one attached hydrogen (secondary N) is 1. The average Bonchev–Trinajstić information content (AvgIpc) is 2.79. The van der Waals surface area contributed by atoms with E-state index in [0.717, 1.165) is 32.8 Å². The Kier molecular flexibility index (Phi) is 5.62. The van der Waals surface area contributed by atoms with E-state index in [1.807, 2.05) is 0 Å². The molecule has 0 amide bonds. The van der Waals surface area contributed by atoms with E-state index in [4.69, 9.17) is 4.74 Å². The molecule has 0 aliphatic rings. The van der Waals surface area contributed by atoms with Gasteiger partial charge >= 0.3 is 0 Å². The predicted molar refractivity (Wildman–Crippen MR) is 85.0 cm³/mol. The molecule has 0 bridgehead atoms. The van der Waals surface area contributed by atoms with Crippen LogP contribution in [0.15, 0.2) is 30.3 Å². The summed E-state index contributed by atoms with van der Waals surface area (Å²) < 4.78 is 8.11. The van der Waals surface area contributed by atoms with Crippen molar-refractivity contribution >= 4 is 10.9 Å². The van der Waals surface area contributed by atoms with Crippen LogP contribution < -0.4 is 5.32 Å². The molecule has 2 aromatic rings. The van der Waals surface area contributed by atoms with Crippen LogP contribution in [0.1, 0.15) is 26.5 Å². The lowest BCUT2D eigenvalue weighted by Gasteiger charge is -2.12.